The molecule has 0 rings (SSSR count). The van der Waals surface area contributed by atoms with Gasteiger partial charge in [-0.25, -0.2) is 0 Å². The summed E-state index contributed by atoms with van der Waals surface area (Å²) in [5.74, 6) is 0. The van der Waals surface area contributed by atoms with Crippen LogP contribution in [0.3, 0.4) is 0 Å². The van der Waals surface area contributed by atoms with Crippen LogP contribution in [0, 0.1) is 0 Å². The lowest BCUT2D eigenvalue weighted by Gasteiger charge is -2.03. The van der Waals surface area contributed by atoms with Gasteiger partial charge in [-0.1, -0.05) is 206 Å². The summed E-state index contributed by atoms with van der Waals surface area (Å²) in [6, 6.07) is 0. The van der Waals surface area contributed by atoms with Crippen LogP contribution in [0.25, 0.3) is 0 Å². The summed E-state index contributed by atoms with van der Waals surface area (Å²) in [4.78, 5) is 14.2. The summed E-state index contributed by atoms with van der Waals surface area (Å²) < 4.78 is 31.3. The predicted molar refractivity (Wildman–Crippen MR) is 191 cm³/mol. The van der Waals surface area contributed by atoms with Crippen LogP contribution < -0.4 is 0 Å². The van der Waals surface area contributed by atoms with Crippen LogP contribution in [-0.4, -0.2) is 23.0 Å². The highest BCUT2D eigenvalue weighted by Crippen LogP contribution is 2.25. The first kappa shape index (κ1) is 46.2. The second-order valence-electron chi connectivity index (χ2n) is 12.7. The van der Waals surface area contributed by atoms with Gasteiger partial charge in [0.15, 0.2) is 0 Å². The standard InChI is InChI=1S/C36H74O3P.HO3P/c1-3-5-7-9-11-13-15-17-19-21-23-25-27-29-31-33-35-38-40(37)39-36-34-32-30-28-26-24-22-20-18-16-14-12-10-8-6-4-2;1-4(2)3/h3-36H2,1-2H3;(H-,1,2,3)/q+1;/p+1. The molecule has 0 aromatic heterocycles. The first-order chi connectivity index (χ1) is 21.5. The van der Waals surface area contributed by atoms with Gasteiger partial charge < -0.3 is 0 Å². The van der Waals surface area contributed by atoms with E-state index in [0.717, 1.165) is 12.8 Å². The molecule has 0 atom stereocenters. The van der Waals surface area contributed by atoms with Crippen LogP contribution in [0.5, 0.6) is 0 Å². The number of unbranched alkanes of at least 4 members (excludes halogenated alkanes) is 30. The van der Waals surface area contributed by atoms with Crippen molar-refractivity contribution in [1.29, 1.82) is 0 Å². The van der Waals surface area contributed by atoms with Crippen LogP contribution in [0.4, 0.5) is 0 Å². The van der Waals surface area contributed by atoms with E-state index in [1.54, 1.807) is 0 Å². The highest BCUT2D eigenvalue weighted by molar-refractivity contribution is 7.33. The van der Waals surface area contributed by atoms with Gasteiger partial charge in [0.1, 0.15) is 13.2 Å². The first-order valence-electron chi connectivity index (χ1n) is 19.1. The molecule has 0 fully saturated rings. The molecule has 0 bridgehead atoms. The average Bonchev–Trinajstić information content (AvgIpc) is 3.00. The van der Waals surface area contributed by atoms with Crippen molar-refractivity contribution in [2.24, 2.45) is 0 Å². The molecule has 0 aliphatic heterocycles. The second kappa shape index (κ2) is 43.0. The Bertz CT molecular complexity index is 521. The van der Waals surface area contributed by atoms with Crippen molar-refractivity contribution in [2.45, 2.75) is 219 Å². The zero-order valence-corrected chi connectivity index (χ0v) is 31.3. The van der Waals surface area contributed by atoms with Crippen molar-refractivity contribution < 1.29 is 28.0 Å². The molecule has 0 aliphatic rings. The SMILES string of the molecule is CCCCCCCCCCCCCCCCCCO[P+](=O)OCCCCCCCCCCCCCCCCCC.O=[P+](O)O. The summed E-state index contributed by atoms with van der Waals surface area (Å²) in [7, 11) is -4.79. The fraction of sp³-hybridized carbons (Fsp3) is 1.00. The molecule has 0 saturated carbocycles. The molecule has 0 unspecified atom stereocenters. The lowest BCUT2D eigenvalue weighted by Crippen LogP contribution is -1.92. The van der Waals surface area contributed by atoms with Crippen molar-refractivity contribution in [3.05, 3.63) is 0 Å². The summed E-state index contributed by atoms with van der Waals surface area (Å²) in [6.45, 7) is 5.73. The van der Waals surface area contributed by atoms with Crippen molar-refractivity contribution in [2.75, 3.05) is 13.2 Å². The van der Waals surface area contributed by atoms with Crippen molar-refractivity contribution in [3.63, 3.8) is 0 Å². The Kier molecular flexibility index (Phi) is 45.2. The van der Waals surface area contributed by atoms with E-state index < -0.39 is 16.5 Å². The van der Waals surface area contributed by atoms with Crippen LogP contribution in [0.1, 0.15) is 219 Å². The third-order valence-corrected chi connectivity index (χ3v) is 9.18. The molecule has 6 nitrogen and oxygen atoms in total. The summed E-state index contributed by atoms with van der Waals surface area (Å²) in [6.07, 6.45) is 43.6. The minimum absolute atomic E-state index is 0.576. The zero-order chi connectivity index (χ0) is 32.6. The first-order valence-corrected chi connectivity index (χ1v) is 21.4. The molecule has 0 heterocycles. The number of hydrogen-bond acceptors (Lipinski definition) is 4. The van der Waals surface area contributed by atoms with Crippen molar-refractivity contribution >= 4 is 16.5 Å². The summed E-state index contributed by atoms with van der Waals surface area (Å²) in [5.41, 5.74) is 0. The molecular weight excluding hydrogens is 590 g/mol. The summed E-state index contributed by atoms with van der Waals surface area (Å²) >= 11 is 0. The van der Waals surface area contributed by atoms with E-state index in [0.29, 0.717) is 13.2 Å². The molecule has 0 aromatic carbocycles. The minimum atomic E-state index is -2.87. The van der Waals surface area contributed by atoms with E-state index in [1.807, 2.05) is 0 Å². The molecule has 0 radical (unpaired) electrons. The van der Waals surface area contributed by atoms with E-state index >= 15 is 0 Å². The number of hydrogen-bond donors (Lipinski definition) is 2. The Labute approximate surface area is 276 Å². The zero-order valence-electron chi connectivity index (χ0n) is 29.5. The van der Waals surface area contributed by atoms with Gasteiger partial charge in [0, 0.05) is 9.13 Å². The number of rotatable bonds is 36. The van der Waals surface area contributed by atoms with Gasteiger partial charge in [-0.2, -0.15) is 0 Å². The fourth-order valence-corrected chi connectivity index (χ4v) is 6.25. The normalized spacial score (nSPS) is 11.0. The second-order valence-corrected chi connectivity index (χ2v) is 14.2. The Hall–Kier alpha value is 0.0400. The van der Waals surface area contributed by atoms with E-state index in [2.05, 4.69) is 13.8 Å². The molecule has 0 saturated heterocycles. The molecule has 44 heavy (non-hydrogen) atoms. The Morgan fingerprint density at radius 3 is 0.682 bits per heavy atom. The van der Waals surface area contributed by atoms with Gasteiger partial charge in [-0.15, -0.1) is 18.8 Å². The quantitative estimate of drug-likeness (QED) is 0.0510. The molecule has 0 amide bonds. The Morgan fingerprint density at radius 1 is 0.341 bits per heavy atom. The molecule has 264 valence electrons. The van der Waals surface area contributed by atoms with E-state index in [9.17, 15) is 4.57 Å². The minimum Gasteiger partial charge on any atom is -0.134 e. The highest BCUT2D eigenvalue weighted by Gasteiger charge is 2.18. The van der Waals surface area contributed by atoms with Crippen LogP contribution in [0.15, 0.2) is 0 Å². The van der Waals surface area contributed by atoms with Gasteiger partial charge >= 0.3 is 16.5 Å². The van der Waals surface area contributed by atoms with Crippen LogP contribution in [0.2, 0.25) is 0 Å². The van der Waals surface area contributed by atoms with Gasteiger partial charge in [-0.3, -0.25) is 0 Å². The average molecular weight is 667 g/mol. The lowest BCUT2D eigenvalue weighted by molar-refractivity contribution is 0.218. The Morgan fingerprint density at radius 2 is 0.500 bits per heavy atom. The molecule has 0 spiro atoms. The molecule has 2 N–H and O–H groups in total. The molecule has 0 aliphatic carbocycles. The van der Waals surface area contributed by atoms with Gasteiger partial charge in [0.25, 0.3) is 0 Å². The van der Waals surface area contributed by atoms with Crippen LogP contribution in [-0.2, 0) is 18.2 Å². The third kappa shape index (κ3) is 48.9. The molecular formula is C36H76O6P2+2. The van der Waals surface area contributed by atoms with Gasteiger partial charge in [-0.05, 0) is 12.8 Å². The fourth-order valence-electron chi connectivity index (χ4n) is 5.62. The maximum Gasteiger partial charge on any atom is 0.697 e. The van der Waals surface area contributed by atoms with Crippen molar-refractivity contribution in [3.8, 4) is 0 Å². The maximum absolute atomic E-state index is 11.9. The maximum atomic E-state index is 11.9. The monoisotopic (exact) mass is 667 g/mol. The highest BCUT2D eigenvalue weighted by atomic mass is 31.1. The van der Waals surface area contributed by atoms with Gasteiger partial charge in [0.2, 0.25) is 0 Å². The smallest absolute Gasteiger partial charge is 0.134 e. The van der Waals surface area contributed by atoms with Gasteiger partial charge in [0.05, 0.1) is 0 Å². The lowest BCUT2D eigenvalue weighted by atomic mass is 10.0. The third-order valence-electron chi connectivity index (χ3n) is 8.39. The van der Waals surface area contributed by atoms with E-state index in [1.165, 1.54) is 193 Å². The molecule has 8 heteroatoms. The summed E-state index contributed by atoms with van der Waals surface area (Å²) in [5, 5.41) is 0. The van der Waals surface area contributed by atoms with Crippen molar-refractivity contribution in [1.82, 2.24) is 0 Å². The topological polar surface area (TPSA) is 93.1 Å². The van der Waals surface area contributed by atoms with E-state index in [4.69, 9.17) is 23.4 Å². The Balaban J connectivity index is 0. The van der Waals surface area contributed by atoms with E-state index in [-0.39, 0.29) is 0 Å². The van der Waals surface area contributed by atoms with Crippen LogP contribution >= 0.6 is 16.5 Å². The predicted octanol–water partition coefficient (Wildman–Crippen LogP) is 13.8. The largest absolute Gasteiger partial charge is 0.697 e. The molecule has 0 aromatic rings.